The predicted octanol–water partition coefficient (Wildman–Crippen LogP) is 2.93. The van der Waals surface area contributed by atoms with Crippen molar-refractivity contribution in [3.8, 4) is 5.82 Å². The highest BCUT2D eigenvalue weighted by atomic mass is 35.5. The van der Waals surface area contributed by atoms with Crippen molar-refractivity contribution in [2.45, 2.75) is 19.3 Å². The zero-order chi connectivity index (χ0) is 20.7. The van der Waals surface area contributed by atoms with E-state index >= 15 is 0 Å². The molecule has 1 amide bonds. The van der Waals surface area contributed by atoms with Gasteiger partial charge in [-0.25, -0.2) is 0 Å². The van der Waals surface area contributed by atoms with Crippen molar-refractivity contribution in [1.29, 1.82) is 0 Å². The molecule has 0 radical (unpaired) electrons. The average Bonchev–Trinajstić information content (AvgIpc) is 3.10. The number of carbonyl (C=O) groups excluding carboxylic acids is 1. The van der Waals surface area contributed by atoms with Gasteiger partial charge in [-0.05, 0) is 36.8 Å². The zero-order valence-electron chi connectivity index (χ0n) is 16.5. The van der Waals surface area contributed by atoms with Gasteiger partial charge in [0.2, 0.25) is 5.91 Å². The van der Waals surface area contributed by atoms with Crippen LogP contribution in [0.1, 0.15) is 29.2 Å². The maximum absolute atomic E-state index is 12.5. The highest BCUT2D eigenvalue weighted by Gasteiger charge is 2.33. The van der Waals surface area contributed by atoms with Crippen LogP contribution >= 0.6 is 11.6 Å². The molecular weight excluding hydrogens is 404 g/mol. The van der Waals surface area contributed by atoms with Crippen molar-refractivity contribution in [2.75, 3.05) is 36.5 Å². The second-order valence-electron chi connectivity index (χ2n) is 7.47. The number of nitrogens with one attached hydrogen (secondary N) is 1. The third kappa shape index (κ3) is 3.42. The fraction of sp³-hybridized carbons (Fsp3) is 0.333. The number of anilines is 2. The minimum atomic E-state index is -0.109. The quantitative estimate of drug-likeness (QED) is 0.695. The first kappa shape index (κ1) is 19.0. The minimum absolute atomic E-state index is 0.0634. The molecule has 1 N–H and O–H groups in total. The fourth-order valence-electron chi connectivity index (χ4n) is 4.11. The number of carbonyl (C=O) groups is 1. The molecule has 154 valence electrons. The Bertz CT molecular complexity index is 1090. The molecule has 1 saturated heterocycles. The highest BCUT2D eigenvalue weighted by molar-refractivity contribution is 6.30. The Morgan fingerprint density at radius 1 is 1.13 bits per heavy atom. The molecule has 30 heavy (non-hydrogen) atoms. The third-order valence-corrected chi connectivity index (χ3v) is 5.78. The third-order valence-electron chi connectivity index (χ3n) is 5.54. The van der Waals surface area contributed by atoms with E-state index in [1.54, 1.807) is 4.68 Å². The molecule has 0 aliphatic carbocycles. The topological polar surface area (TPSA) is 85.2 Å². The molecule has 9 heteroatoms. The van der Waals surface area contributed by atoms with E-state index in [4.69, 9.17) is 16.3 Å². The molecule has 8 nitrogen and oxygen atoms in total. The lowest BCUT2D eigenvalue weighted by Gasteiger charge is -2.27. The van der Waals surface area contributed by atoms with E-state index in [0.717, 1.165) is 35.7 Å². The molecule has 0 spiro atoms. The molecule has 1 fully saturated rings. The smallest absolute Gasteiger partial charge is 0.226 e. The number of ether oxygens (including phenoxy) is 1. The van der Waals surface area contributed by atoms with Crippen molar-refractivity contribution in [1.82, 2.24) is 20.0 Å². The first-order valence-electron chi connectivity index (χ1n) is 9.92. The van der Waals surface area contributed by atoms with Gasteiger partial charge >= 0.3 is 0 Å². The van der Waals surface area contributed by atoms with E-state index in [0.29, 0.717) is 36.3 Å². The standard InChI is InChI=1S/C21H21ClN6O2/c1-13-20-16(14-3-2-4-15(22)11-14)12-19(29)23-21(20)28(26-13)18-6-5-17(24-25-18)27-7-9-30-10-8-27/h2-6,11,16H,7-10,12H2,1H3,(H,23,29)/t16-/m1/s1. The molecule has 5 rings (SSSR count). The molecule has 0 saturated carbocycles. The van der Waals surface area contributed by atoms with Crippen LogP contribution in [0.2, 0.25) is 5.02 Å². The summed E-state index contributed by atoms with van der Waals surface area (Å²) in [5.41, 5.74) is 2.82. The lowest BCUT2D eigenvalue weighted by Crippen LogP contribution is -2.36. The molecule has 2 aromatic heterocycles. The summed E-state index contributed by atoms with van der Waals surface area (Å²) in [6.45, 7) is 4.90. The van der Waals surface area contributed by atoms with Gasteiger partial charge in [-0.2, -0.15) is 9.78 Å². The van der Waals surface area contributed by atoms with Crippen LogP contribution in [0.3, 0.4) is 0 Å². The van der Waals surface area contributed by atoms with Gasteiger partial charge in [-0.15, -0.1) is 10.2 Å². The number of rotatable bonds is 3. The van der Waals surface area contributed by atoms with Gasteiger partial charge in [0.05, 0.1) is 18.9 Å². The van der Waals surface area contributed by atoms with Gasteiger partial charge in [0, 0.05) is 36.0 Å². The fourth-order valence-corrected chi connectivity index (χ4v) is 4.31. The molecule has 0 bridgehead atoms. The van der Waals surface area contributed by atoms with Crippen LogP contribution in [0.4, 0.5) is 11.6 Å². The Labute approximate surface area is 178 Å². The van der Waals surface area contributed by atoms with Crippen molar-refractivity contribution in [3.05, 3.63) is 58.2 Å². The van der Waals surface area contributed by atoms with Gasteiger partial charge in [-0.1, -0.05) is 23.7 Å². The molecule has 1 aromatic carbocycles. The number of aryl methyl sites for hydroxylation is 1. The zero-order valence-corrected chi connectivity index (χ0v) is 17.3. The Morgan fingerprint density at radius 2 is 1.90 bits per heavy atom. The number of halogens is 1. The van der Waals surface area contributed by atoms with E-state index in [-0.39, 0.29) is 11.8 Å². The van der Waals surface area contributed by atoms with E-state index < -0.39 is 0 Å². The van der Waals surface area contributed by atoms with Gasteiger partial charge in [0.25, 0.3) is 0 Å². The number of fused-ring (bicyclic) bond motifs is 1. The van der Waals surface area contributed by atoms with E-state index in [2.05, 4.69) is 25.5 Å². The molecule has 2 aliphatic rings. The van der Waals surface area contributed by atoms with E-state index in [1.807, 2.05) is 43.3 Å². The predicted molar refractivity (Wildman–Crippen MR) is 113 cm³/mol. The van der Waals surface area contributed by atoms with Crippen molar-refractivity contribution in [2.24, 2.45) is 0 Å². The summed E-state index contributed by atoms with van der Waals surface area (Å²) < 4.78 is 7.05. The summed E-state index contributed by atoms with van der Waals surface area (Å²) in [7, 11) is 0. The molecule has 2 aliphatic heterocycles. The van der Waals surface area contributed by atoms with Crippen LogP contribution < -0.4 is 10.2 Å². The molecule has 4 heterocycles. The number of aromatic nitrogens is 4. The molecule has 1 atom stereocenters. The van der Waals surface area contributed by atoms with Crippen LogP contribution in [-0.2, 0) is 9.53 Å². The first-order chi connectivity index (χ1) is 14.6. The van der Waals surface area contributed by atoms with Gasteiger partial charge in [-0.3, -0.25) is 4.79 Å². The molecule has 3 aromatic rings. The summed E-state index contributed by atoms with van der Waals surface area (Å²) in [5, 5.41) is 17.0. The van der Waals surface area contributed by atoms with Gasteiger partial charge in [0.1, 0.15) is 5.82 Å². The van der Waals surface area contributed by atoms with Crippen LogP contribution in [-0.4, -0.2) is 52.2 Å². The Kier molecular flexibility index (Phi) is 4.88. The number of morpholine rings is 1. The second kappa shape index (κ2) is 7.70. The highest BCUT2D eigenvalue weighted by Crippen LogP contribution is 2.40. The van der Waals surface area contributed by atoms with E-state index in [9.17, 15) is 4.79 Å². The summed E-state index contributed by atoms with van der Waals surface area (Å²) in [6.07, 6.45) is 0.349. The van der Waals surface area contributed by atoms with Gasteiger partial charge in [0.15, 0.2) is 11.6 Å². The minimum Gasteiger partial charge on any atom is -0.378 e. The summed E-state index contributed by atoms with van der Waals surface area (Å²) >= 11 is 6.20. The Hall–Kier alpha value is -2.97. The second-order valence-corrected chi connectivity index (χ2v) is 7.90. The van der Waals surface area contributed by atoms with Crippen LogP contribution in [0.25, 0.3) is 5.82 Å². The number of benzene rings is 1. The maximum Gasteiger partial charge on any atom is 0.226 e. The summed E-state index contributed by atoms with van der Waals surface area (Å²) in [5.74, 6) is 1.83. The number of hydrogen-bond donors (Lipinski definition) is 1. The normalized spacial score (nSPS) is 18.8. The van der Waals surface area contributed by atoms with Crippen LogP contribution in [0, 0.1) is 6.92 Å². The SMILES string of the molecule is Cc1nn(-c2ccc(N3CCOCC3)nn2)c2c1[C@@H](c1cccc(Cl)c1)CC(=O)N2. The average molecular weight is 425 g/mol. The lowest BCUT2D eigenvalue weighted by atomic mass is 9.86. The number of nitrogens with zero attached hydrogens (tertiary/aromatic N) is 5. The lowest BCUT2D eigenvalue weighted by molar-refractivity contribution is -0.116. The monoisotopic (exact) mass is 424 g/mol. The number of amides is 1. The van der Waals surface area contributed by atoms with Gasteiger partial charge < -0.3 is 15.0 Å². The number of hydrogen-bond acceptors (Lipinski definition) is 6. The van der Waals surface area contributed by atoms with Crippen molar-refractivity contribution >= 4 is 29.1 Å². The summed E-state index contributed by atoms with van der Waals surface area (Å²) in [4.78, 5) is 14.6. The van der Waals surface area contributed by atoms with Crippen LogP contribution in [0.5, 0.6) is 0 Å². The summed E-state index contributed by atoms with van der Waals surface area (Å²) in [6, 6.07) is 11.4. The van der Waals surface area contributed by atoms with Crippen molar-refractivity contribution < 1.29 is 9.53 Å². The van der Waals surface area contributed by atoms with Crippen LogP contribution in [0.15, 0.2) is 36.4 Å². The van der Waals surface area contributed by atoms with Crippen molar-refractivity contribution in [3.63, 3.8) is 0 Å². The Morgan fingerprint density at radius 3 is 2.63 bits per heavy atom. The Balaban J connectivity index is 1.52. The maximum atomic E-state index is 12.5. The molecule has 0 unspecified atom stereocenters. The first-order valence-corrected chi connectivity index (χ1v) is 10.3. The molecular formula is C21H21ClN6O2. The largest absolute Gasteiger partial charge is 0.378 e. The van der Waals surface area contributed by atoms with E-state index in [1.165, 1.54) is 0 Å².